The van der Waals surface area contributed by atoms with Gasteiger partial charge in [-0.25, -0.2) is 0 Å². The third-order valence-electron chi connectivity index (χ3n) is 8.42. The van der Waals surface area contributed by atoms with Crippen LogP contribution in [0.5, 0.6) is 0 Å². The molecule has 5 rings (SSSR count). The average molecular weight is 324 g/mol. The van der Waals surface area contributed by atoms with Crippen LogP contribution in [0.2, 0.25) is 0 Å². The van der Waals surface area contributed by atoms with Crippen molar-refractivity contribution in [3.8, 4) is 0 Å². The van der Waals surface area contributed by atoms with E-state index in [2.05, 4.69) is 26.0 Å². The topological polar surface area (TPSA) is 34.1 Å². The van der Waals surface area contributed by atoms with Gasteiger partial charge in [-0.1, -0.05) is 24.6 Å². The number of carbonyl (C=O) groups is 2. The summed E-state index contributed by atoms with van der Waals surface area (Å²) in [6, 6.07) is 0. The Kier molecular flexibility index (Phi) is 2.96. The summed E-state index contributed by atoms with van der Waals surface area (Å²) in [6.07, 6.45) is 14.0. The molecule has 0 aromatic carbocycles. The van der Waals surface area contributed by atoms with Gasteiger partial charge in [0.1, 0.15) is 5.78 Å². The van der Waals surface area contributed by atoms with E-state index in [1.54, 1.807) is 0 Å². The highest BCUT2D eigenvalue weighted by Gasteiger charge is 2.62. The largest absolute Gasteiger partial charge is 0.299 e. The second kappa shape index (κ2) is 4.71. The number of allylic oxidation sites excluding steroid dienone is 4. The second-order valence-electron chi connectivity index (χ2n) is 9.58. The van der Waals surface area contributed by atoms with Gasteiger partial charge in [0.05, 0.1) is 0 Å². The molecule has 0 aliphatic heterocycles. The number of rotatable bonds is 1. The standard InChI is InChI=1S/C22H28O2/c1-21-9-7-15(23)11-14(21)5-6-16-18(21)8-10-22(2)19(24)12-17(20(16)22)13-3-4-13/h8,10-11,13,16-18,20H,3-7,9,12H2,1-2H3/t16?,17?,18?,20?,21-,22+/m0/s1. The number of carbonyl (C=O) groups excluding carboxylic acids is 2. The van der Waals surface area contributed by atoms with E-state index in [0.717, 1.165) is 25.2 Å². The molecule has 3 fully saturated rings. The fraction of sp³-hybridized carbons (Fsp3) is 0.727. The third-order valence-corrected chi connectivity index (χ3v) is 8.42. The molecule has 6 atom stereocenters. The van der Waals surface area contributed by atoms with Crippen LogP contribution in [0.4, 0.5) is 0 Å². The molecule has 5 aliphatic carbocycles. The molecule has 0 N–H and O–H groups in total. The first kappa shape index (κ1) is 15.1. The van der Waals surface area contributed by atoms with E-state index in [0.29, 0.717) is 41.7 Å². The van der Waals surface area contributed by atoms with E-state index in [-0.39, 0.29) is 10.8 Å². The molecule has 0 aromatic heterocycles. The van der Waals surface area contributed by atoms with Crippen molar-refractivity contribution in [1.82, 2.24) is 0 Å². The minimum absolute atomic E-state index is 0.147. The maximum absolute atomic E-state index is 12.8. The number of ketones is 2. The van der Waals surface area contributed by atoms with E-state index in [1.807, 2.05) is 6.08 Å². The van der Waals surface area contributed by atoms with Crippen molar-refractivity contribution in [2.24, 2.45) is 40.4 Å². The minimum Gasteiger partial charge on any atom is -0.299 e. The fourth-order valence-electron chi connectivity index (χ4n) is 6.89. The van der Waals surface area contributed by atoms with Crippen molar-refractivity contribution in [3.63, 3.8) is 0 Å². The van der Waals surface area contributed by atoms with Crippen molar-refractivity contribution in [2.75, 3.05) is 0 Å². The first-order chi connectivity index (χ1) is 11.4. The Morgan fingerprint density at radius 1 is 1.04 bits per heavy atom. The number of hydrogen-bond acceptors (Lipinski definition) is 2. The first-order valence-corrected chi connectivity index (χ1v) is 9.90. The van der Waals surface area contributed by atoms with Gasteiger partial charge in [0.15, 0.2) is 5.78 Å². The van der Waals surface area contributed by atoms with Crippen molar-refractivity contribution in [1.29, 1.82) is 0 Å². The van der Waals surface area contributed by atoms with Crippen molar-refractivity contribution in [3.05, 3.63) is 23.8 Å². The smallest absolute Gasteiger partial charge is 0.155 e. The van der Waals surface area contributed by atoms with Crippen LogP contribution in [0.15, 0.2) is 23.8 Å². The predicted octanol–water partition coefficient (Wildman–Crippen LogP) is 4.50. The van der Waals surface area contributed by atoms with Gasteiger partial charge >= 0.3 is 0 Å². The third kappa shape index (κ3) is 1.83. The number of fused-ring (bicyclic) bond motifs is 5. The van der Waals surface area contributed by atoms with Gasteiger partial charge in [0.25, 0.3) is 0 Å². The van der Waals surface area contributed by atoms with Crippen LogP contribution in [0.3, 0.4) is 0 Å². The van der Waals surface area contributed by atoms with E-state index < -0.39 is 0 Å². The summed E-state index contributed by atoms with van der Waals surface area (Å²) >= 11 is 0. The van der Waals surface area contributed by atoms with E-state index in [4.69, 9.17) is 0 Å². The molecule has 2 nitrogen and oxygen atoms in total. The van der Waals surface area contributed by atoms with E-state index in [1.165, 1.54) is 24.8 Å². The van der Waals surface area contributed by atoms with Crippen LogP contribution in [-0.4, -0.2) is 11.6 Å². The van der Waals surface area contributed by atoms with Gasteiger partial charge in [-0.3, -0.25) is 9.59 Å². The summed E-state index contributed by atoms with van der Waals surface area (Å²) in [5.74, 6) is 3.94. The van der Waals surface area contributed by atoms with Gasteiger partial charge in [-0.05, 0) is 80.1 Å². The maximum Gasteiger partial charge on any atom is 0.155 e. The molecule has 5 aliphatic rings. The first-order valence-electron chi connectivity index (χ1n) is 9.90. The molecule has 0 heterocycles. The highest BCUT2D eigenvalue weighted by molar-refractivity contribution is 5.92. The molecular formula is C22H28O2. The van der Waals surface area contributed by atoms with Crippen LogP contribution in [-0.2, 0) is 9.59 Å². The second-order valence-corrected chi connectivity index (χ2v) is 9.58. The van der Waals surface area contributed by atoms with Gasteiger partial charge in [0.2, 0.25) is 0 Å². The quantitative estimate of drug-likeness (QED) is 0.666. The lowest BCUT2D eigenvalue weighted by Crippen LogP contribution is -2.49. The zero-order valence-electron chi connectivity index (χ0n) is 14.9. The summed E-state index contributed by atoms with van der Waals surface area (Å²) in [6.45, 7) is 4.60. The van der Waals surface area contributed by atoms with E-state index in [9.17, 15) is 9.59 Å². The Bertz CT molecular complexity index is 682. The van der Waals surface area contributed by atoms with Crippen LogP contribution in [0, 0.1) is 40.4 Å². The lowest BCUT2D eigenvalue weighted by Gasteiger charge is -2.55. The summed E-state index contributed by atoms with van der Waals surface area (Å²) in [5, 5.41) is 0. The van der Waals surface area contributed by atoms with Crippen molar-refractivity contribution < 1.29 is 9.59 Å². The minimum atomic E-state index is -0.212. The Morgan fingerprint density at radius 2 is 1.83 bits per heavy atom. The lowest BCUT2D eigenvalue weighted by atomic mass is 9.49. The van der Waals surface area contributed by atoms with Gasteiger partial charge in [-0.2, -0.15) is 0 Å². The zero-order valence-corrected chi connectivity index (χ0v) is 14.9. The molecule has 0 aromatic rings. The fourth-order valence-corrected chi connectivity index (χ4v) is 6.89. The average Bonchev–Trinajstić information content (AvgIpc) is 3.34. The highest BCUT2D eigenvalue weighted by Crippen LogP contribution is 2.65. The summed E-state index contributed by atoms with van der Waals surface area (Å²) in [5.41, 5.74) is 1.32. The van der Waals surface area contributed by atoms with E-state index >= 15 is 0 Å². The molecule has 2 heteroatoms. The molecule has 4 unspecified atom stereocenters. The Labute approximate surface area is 144 Å². The predicted molar refractivity (Wildman–Crippen MR) is 93.2 cm³/mol. The monoisotopic (exact) mass is 324 g/mol. The normalized spacial score (nSPS) is 50.2. The number of Topliss-reactive ketones (excluding diaryl/α,β-unsaturated/α-hetero) is 1. The van der Waals surface area contributed by atoms with Gasteiger partial charge in [0, 0.05) is 18.3 Å². The molecule has 0 radical (unpaired) electrons. The molecule has 3 saturated carbocycles. The molecule has 128 valence electrons. The zero-order chi connectivity index (χ0) is 16.7. The van der Waals surface area contributed by atoms with Crippen LogP contribution >= 0.6 is 0 Å². The maximum atomic E-state index is 12.8. The van der Waals surface area contributed by atoms with Crippen molar-refractivity contribution in [2.45, 2.75) is 58.8 Å². The van der Waals surface area contributed by atoms with Gasteiger partial charge < -0.3 is 0 Å². The van der Waals surface area contributed by atoms with Crippen LogP contribution < -0.4 is 0 Å². The summed E-state index contributed by atoms with van der Waals surface area (Å²) in [7, 11) is 0. The molecule has 0 amide bonds. The molecule has 0 bridgehead atoms. The Balaban J connectivity index is 1.58. The van der Waals surface area contributed by atoms with Crippen LogP contribution in [0.25, 0.3) is 0 Å². The Hall–Kier alpha value is -1.18. The SMILES string of the molecule is C[C@]12CCC(=O)C=C1CCC1C2C=C[C@]2(C)C(=O)CC(C3CC3)C12. The van der Waals surface area contributed by atoms with Crippen LogP contribution in [0.1, 0.15) is 58.8 Å². The summed E-state index contributed by atoms with van der Waals surface area (Å²) in [4.78, 5) is 24.8. The molecule has 0 spiro atoms. The highest BCUT2D eigenvalue weighted by atomic mass is 16.1. The van der Waals surface area contributed by atoms with Crippen molar-refractivity contribution >= 4 is 11.6 Å². The number of hydrogen-bond donors (Lipinski definition) is 0. The molecule has 24 heavy (non-hydrogen) atoms. The molecular weight excluding hydrogens is 296 g/mol. The summed E-state index contributed by atoms with van der Waals surface area (Å²) < 4.78 is 0. The van der Waals surface area contributed by atoms with Gasteiger partial charge in [-0.15, -0.1) is 0 Å². The lowest BCUT2D eigenvalue weighted by molar-refractivity contribution is -0.125. The Morgan fingerprint density at radius 3 is 2.58 bits per heavy atom. The molecule has 0 saturated heterocycles.